The van der Waals surface area contributed by atoms with Crippen LogP contribution in [0, 0.1) is 0 Å². The second-order valence-electron chi connectivity index (χ2n) is 1.37. The van der Waals surface area contributed by atoms with Gasteiger partial charge in [0.05, 0.1) is 0 Å². The molecule has 0 unspecified atom stereocenters. The van der Waals surface area contributed by atoms with Crippen molar-refractivity contribution in [3.05, 3.63) is 0 Å². The van der Waals surface area contributed by atoms with Crippen molar-refractivity contribution >= 4 is 5.71 Å². The predicted molar refractivity (Wildman–Crippen MR) is 29.4 cm³/mol. The summed E-state index contributed by atoms with van der Waals surface area (Å²) in [5, 5.41) is 0. The first-order valence-electron chi connectivity index (χ1n) is 2.37. The number of nitrogens with zero attached hydrogens (tertiary/aromatic N) is 1. The molecule has 0 aromatic carbocycles. The van der Waals surface area contributed by atoms with Crippen molar-refractivity contribution < 1.29 is 4.39 Å². The standard InChI is InChI=1S/C5H10FN/c1-3-5(2)7-4-6/h3-4H2,1-2H3/b7-5-. The molecule has 0 rings (SSSR count). The van der Waals surface area contributed by atoms with Crippen LogP contribution in [-0.2, 0) is 0 Å². The van der Waals surface area contributed by atoms with Crippen molar-refractivity contribution in [3.63, 3.8) is 0 Å². The predicted octanol–water partition coefficient (Wildman–Crippen LogP) is 1.78. The number of halogens is 1. The SMILES string of the molecule is CC/C(C)=N\CF. The van der Waals surface area contributed by atoms with Gasteiger partial charge in [0.2, 0.25) is 0 Å². The summed E-state index contributed by atoms with van der Waals surface area (Å²) < 4.78 is 11.2. The molecule has 0 radical (unpaired) electrons. The summed E-state index contributed by atoms with van der Waals surface area (Å²) in [6.07, 6.45) is 0.851. The van der Waals surface area contributed by atoms with Gasteiger partial charge in [-0.05, 0) is 13.3 Å². The highest BCUT2D eigenvalue weighted by atomic mass is 19.1. The zero-order valence-electron chi connectivity index (χ0n) is 4.74. The highest BCUT2D eigenvalue weighted by Gasteiger charge is 1.79. The van der Waals surface area contributed by atoms with Gasteiger partial charge in [0.1, 0.15) is 0 Å². The maximum atomic E-state index is 11.2. The number of alkyl halides is 1. The van der Waals surface area contributed by atoms with Crippen molar-refractivity contribution in [1.29, 1.82) is 0 Å². The molecule has 0 bridgehead atoms. The quantitative estimate of drug-likeness (QED) is 0.373. The van der Waals surface area contributed by atoms with Crippen LogP contribution >= 0.6 is 0 Å². The van der Waals surface area contributed by atoms with E-state index in [-0.39, 0.29) is 0 Å². The van der Waals surface area contributed by atoms with Crippen molar-refractivity contribution in [2.75, 3.05) is 6.80 Å². The lowest BCUT2D eigenvalue weighted by atomic mass is 10.3. The van der Waals surface area contributed by atoms with Gasteiger partial charge < -0.3 is 0 Å². The number of hydrogen-bond donors (Lipinski definition) is 0. The molecule has 0 atom stereocenters. The smallest absolute Gasteiger partial charge is 0.179 e. The zero-order valence-corrected chi connectivity index (χ0v) is 4.74. The van der Waals surface area contributed by atoms with Gasteiger partial charge in [-0.25, -0.2) is 4.39 Å². The van der Waals surface area contributed by atoms with Gasteiger partial charge in [0.15, 0.2) is 6.80 Å². The molecular weight excluding hydrogens is 93.1 g/mol. The highest BCUT2D eigenvalue weighted by molar-refractivity contribution is 5.81. The molecule has 0 aliphatic heterocycles. The van der Waals surface area contributed by atoms with Crippen LogP contribution in [-0.4, -0.2) is 12.5 Å². The lowest BCUT2D eigenvalue weighted by molar-refractivity contribution is 0.512. The Morgan fingerprint density at radius 3 is 2.43 bits per heavy atom. The van der Waals surface area contributed by atoms with Crippen LogP contribution in [0.4, 0.5) is 4.39 Å². The molecule has 0 aromatic heterocycles. The Kier molecular flexibility index (Phi) is 3.56. The molecule has 0 aromatic rings. The van der Waals surface area contributed by atoms with Crippen LogP contribution in [0.5, 0.6) is 0 Å². The summed E-state index contributed by atoms with van der Waals surface area (Å²) in [4.78, 5) is 3.49. The van der Waals surface area contributed by atoms with E-state index in [2.05, 4.69) is 4.99 Å². The fourth-order valence-corrected chi connectivity index (χ4v) is 0.214. The molecule has 0 saturated carbocycles. The van der Waals surface area contributed by atoms with E-state index in [0.717, 1.165) is 12.1 Å². The molecule has 0 amide bonds. The Bertz CT molecular complexity index is 68.5. The van der Waals surface area contributed by atoms with Crippen molar-refractivity contribution in [2.45, 2.75) is 20.3 Å². The summed E-state index contributed by atoms with van der Waals surface area (Å²) in [6.45, 7) is 3.20. The number of aliphatic imine (C=N–C) groups is 1. The third kappa shape index (κ3) is 3.43. The van der Waals surface area contributed by atoms with Crippen LogP contribution in [0.25, 0.3) is 0 Å². The highest BCUT2D eigenvalue weighted by Crippen LogP contribution is 1.82. The van der Waals surface area contributed by atoms with Crippen LogP contribution < -0.4 is 0 Å². The minimum atomic E-state index is -0.570. The fraction of sp³-hybridized carbons (Fsp3) is 0.800. The summed E-state index contributed by atoms with van der Waals surface area (Å²) >= 11 is 0. The first-order valence-corrected chi connectivity index (χ1v) is 2.37. The Morgan fingerprint density at radius 1 is 1.71 bits per heavy atom. The van der Waals surface area contributed by atoms with Crippen molar-refractivity contribution in [2.24, 2.45) is 4.99 Å². The van der Waals surface area contributed by atoms with E-state index in [1.165, 1.54) is 0 Å². The molecule has 0 aliphatic rings. The largest absolute Gasteiger partial charge is 0.261 e. The molecular formula is C5H10FN. The maximum absolute atomic E-state index is 11.2. The van der Waals surface area contributed by atoms with Gasteiger partial charge in [0.25, 0.3) is 0 Å². The number of hydrogen-bond acceptors (Lipinski definition) is 1. The molecule has 0 aliphatic carbocycles. The van der Waals surface area contributed by atoms with Crippen LogP contribution in [0.1, 0.15) is 20.3 Å². The number of rotatable bonds is 2. The Morgan fingerprint density at radius 2 is 2.29 bits per heavy atom. The van der Waals surface area contributed by atoms with Crippen LogP contribution in [0.3, 0.4) is 0 Å². The molecule has 2 heteroatoms. The molecule has 1 nitrogen and oxygen atoms in total. The van der Waals surface area contributed by atoms with Crippen molar-refractivity contribution in [1.82, 2.24) is 0 Å². The van der Waals surface area contributed by atoms with Gasteiger partial charge in [-0.3, -0.25) is 4.99 Å². The van der Waals surface area contributed by atoms with E-state index >= 15 is 0 Å². The first-order chi connectivity index (χ1) is 3.31. The molecule has 0 saturated heterocycles. The molecule has 0 heterocycles. The summed E-state index contributed by atoms with van der Waals surface area (Å²) in [7, 11) is 0. The first kappa shape index (κ1) is 6.60. The molecule has 7 heavy (non-hydrogen) atoms. The lowest BCUT2D eigenvalue weighted by Gasteiger charge is -1.86. The monoisotopic (exact) mass is 103 g/mol. The summed E-state index contributed by atoms with van der Waals surface area (Å²) in [6, 6.07) is 0. The Labute approximate surface area is 43.3 Å². The van der Waals surface area contributed by atoms with Crippen LogP contribution in [0.2, 0.25) is 0 Å². The molecule has 42 valence electrons. The van der Waals surface area contributed by atoms with Crippen LogP contribution in [0.15, 0.2) is 4.99 Å². The normalized spacial score (nSPS) is 12.1. The van der Waals surface area contributed by atoms with Gasteiger partial charge >= 0.3 is 0 Å². The summed E-state index contributed by atoms with van der Waals surface area (Å²) in [5.41, 5.74) is 0.877. The van der Waals surface area contributed by atoms with E-state index in [9.17, 15) is 4.39 Å². The third-order valence-corrected chi connectivity index (χ3v) is 0.841. The van der Waals surface area contributed by atoms with E-state index in [4.69, 9.17) is 0 Å². The minimum Gasteiger partial charge on any atom is -0.261 e. The molecule has 0 spiro atoms. The second kappa shape index (κ2) is 3.78. The van der Waals surface area contributed by atoms with Gasteiger partial charge in [-0.15, -0.1) is 0 Å². The van der Waals surface area contributed by atoms with Gasteiger partial charge in [-0.2, -0.15) is 0 Å². The molecule has 0 N–H and O–H groups in total. The zero-order chi connectivity index (χ0) is 5.70. The Balaban J connectivity index is 3.29. The fourth-order valence-electron chi connectivity index (χ4n) is 0.214. The average Bonchev–Trinajstić information content (AvgIpc) is 1.68. The van der Waals surface area contributed by atoms with E-state index in [1.807, 2.05) is 13.8 Å². The van der Waals surface area contributed by atoms with Gasteiger partial charge in [-0.1, -0.05) is 6.92 Å². The third-order valence-electron chi connectivity index (χ3n) is 0.841. The minimum absolute atomic E-state index is 0.570. The van der Waals surface area contributed by atoms with E-state index < -0.39 is 6.80 Å². The Hall–Kier alpha value is -0.400. The average molecular weight is 103 g/mol. The summed E-state index contributed by atoms with van der Waals surface area (Å²) in [5.74, 6) is 0. The second-order valence-corrected chi connectivity index (χ2v) is 1.37. The maximum Gasteiger partial charge on any atom is 0.179 e. The molecule has 0 fully saturated rings. The van der Waals surface area contributed by atoms with Gasteiger partial charge in [0, 0.05) is 5.71 Å². The topological polar surface area (TPSA) is 12.4 Å². The van der Waals surface area contributed by atoms with E-state index in [0.29, 0.717) is 0 Å². The lowest BCUT2D eigenvalue weighted by Crippen LogP contribution is -1.86. The van der Waals surface area contributed by atoms with E-state index in [1.54, 1.807) is 0 Å². The van der Waals surface area contributed by atoms with Crippen molar-refractivity contribution in [3.8, 4) is 0 Å².